The van der Waals surface area contributed by atoms with Crippen LogP contribution in [0.25, 0.3) is 0 Å². The molecule has 2 aromatic heterocycles. The van der Waals surface area contributed by atoms with Crippen molar-refractivity contribution in [2.24, 2.45) is 4.99 Å². The molecule has 0 aromatic carbocycles. The first-order chi connectivity index (χ1) is 12.2. The third kappa shape index (κ3) is 4.69. The highest BCUT2D eigenvalue weighted by atomic mass is 32.1. The van der Waals surface area contributed by atoms with E-state index in [4.69, 9.17) is 0 Å². The van der Waals surface area contributed by atoms with E-state index in [0.29, 0.717) is 12.4 Å². The van der Waals surface area contributed by atoms with Crippen LogP contribution in [-0.4, -0.2) is 36.6 Å². The van der Waals surface area contributed by atoms with Crippen molar-refractivity contribution in [3.63, 3.8) is 0 Å². The van der Waals surface area contributed by atoms with Gasteiger partial charge in [-0.05, 0) is 44.5 Å². The van der Waals surface area contributed by atoms with Crippen LogP contribution in [0, 0.1) is 12.7 Å². The van der Waals surface area contributed by atoms with E-state index in [0.717, 1.165) is 32.0 Å². The van der Waals surface area contributed by atoms with E-state index in [1.54, 1.807) is 23.6 Å². The Balaban J connectivity index is 1.60. The van der Waals surface area contributed by atoms with Crippen molar-refractivity contribution in [1.82, 2.24) is 15.6 Å². The van der Waals surface area contributed by atoms with Gasteiger partial charge in [-0.3, -0.25) is 0 Å². The summed E-state index contributed by atoms with van der Waals surface area (Å²) in [5.41, 5.74) is 0. The molecule has 0 bridgehead atoms. The van der Waals surface area contributed by atoms with E-state index in [1.165, 1.54) is 15.8 Å². The molecule has 1 aliphatic heterocycles. The van der Waals surface area contributed by atoms with Gasteiger partial charge in [-0.2, -0.15) is 0 Å². The van der Waals surface area contributed by atoms with Crippen LogP contribution in [0.4, 0.5) is 10.2 Å². The molecule has 3 rings (SSSR count). The summed E-state index contributed by atoms with van der Waals surface area (Å²) in [6.45, 7) is 7.13. The fraction of sp³-hybridized carbons (Fsp3) is 0.444. The summed E-state index contributed by atoms with van der Waals surface area (Å²) in [5.74, 6) is 0.974. The molecule has 1 unspecified atom stereocenters. The number of aromatic nitrogens is 1. The molecule has 0 amide bonds. The number of anilines is 1. The molecule has 5 nitrogen and oxygen atoms in total. The molecule has 1 aliphatic rings. The van der Waals surface area contributed by atoms with E-state index in [1.807, 2.05) is 4.90 Å². The smallest absolute Gasteiger partial charge is 0.191 e. The van der Waals surface area contributed by atoms with Gasteiger partial charge in [-0.15, -0.1) is 11.3 Å². The minimum atomic E-state index is -0.267. The van der Waals surface area contributed by atoms with Gasteiger partial charge in [-0.25, -0.2) is 14.4 Å². The van der Waals surface area contributed by atoms with Gasteiger partial charge >= 0.3 is 0 Å². The molecule has 1 fully saturated rings. The number of hydrogen-bond acceptors (Lipinski definition) is 4. The lowest BCUT2D eigenvalue weighted by Gasteiger charge is -2.19. The number of aryl methyl sites for hydroxylation is 1. The van der Waals surface area contributed by atoms with Crippen LogP contribution in [0.2, 0.25) is 0 Å². The summed E-state index contributed by atoms with van der Waals surface area (Å²) in [6.07, 6.45) is 2.56. The van der Waals surface area contributed by atoms with Gasteiger partial charge in [-0.1, -0.05) is 0 Å². The second-order valence-electron chi connectivity index (χ2n) is 6.09. The van der Waals surface area contributed by atoms with Gasteiger partial charge in [0.2, 0.25) is 0 Å². The number of aliphatic imine (C=N–C) groups is 1. The summed E-state index contributed by atoms with van der Waals surface area (Å²) in [7, 11) is 0. The summed E-state index contributed by atoms with van der Waals surface area (Å²) in [5, 5.41) is 6.75. The number of guanidine groups is 1. The van der Waals surface area contributed by atoms with Gasteiger partial charge in [0, 0.05) is 41.6 Å². The monoisotopic (exact) mass is 361 g/mol. The number of pyridine rings is 1. The van der Waals surface area contributed by atoms with Crippen LogP contribution < -0.4 is 15.5 Å². The maximum atomic E-state index is 13.9. The zero-order valence-corrected chi connectivity index (χ0v) is 15.4. The van der Waals surface area contributed by atoms with Crippen molar-refractivity contribution in [3.8, 4) is 0 Å². The predicted octanol–water partition coefficient (Wildman–Crippen LogP) is 2.92. The predicted molar refractivity (Wildman–Crippen MR) is 102 cm³/mol. The fourth-order valence-corrected chi connectivity index (χ4v) is 3.74. The highest BCUT2D eigenvalue weighted by Crippen LogP contribution is 2.21. The maximum absolute atomic E-state index is 13.9. The van der Waals surface area contributed by atoms with Crippen molar-refractivity contribution < 1.29 is 4.39 Å². The Hall–Kier alpha value is -2.15. The van der Waals surface area contributed by atoms with Gasteiger partial charge in [0.05, 0.1) is 6.54 Å². The molecular formula is C18H24FN5S. The molecule has 0 spiro atoms. The van der Waals surface area contributed by atoms with Gasteiger partial charge in [0.25, 0.3) is 0 Å². The van der Waals surface area contributed by atoms with Gasteiger partial charge in [0.1, 0.15) is 0 Å². The Kier molecular flexibility index (Phi) is 5.86. The average Bonchev–Trinajstić information content (AvgIpc) is 3.22. The Bertz CT molecular complexity index is 730. The SMILES string of the molecule is CCNC(=NCc1ccc(C)s1)NC1CCN(c2ncccc2F)C1. The van der Waals surface area contributed by atoms with Gasteiger partial charge < -0.3 is 15.5 Å². The van der Waals surface area contributed by atoms with Crippen molar-refractivity contribution in [1.29, 1.82) is 0 Å². The number of rotatable bonds is 5. The van der Waals surface area contributed by atoms with Gasteiger partial charge in [0.15, 0.2) is 17.6 Å². The number of thiophene rings is 1. The van der Waals surface area contributed by atoms with Crippen LogP contribution in [0.5, 0.6) is 0 Å². The Morgan fingerprint density at radius 1 is 1.44 bits per heavy atom. The molecule has 7 heteroatoms. The molecule has 1 saturated heterocycles. The van der Waals surface area contributed by atoms with Crippen LogP contribution in [0.3, 0.4) is 0 Å². The standard InChI is InChI=1S/C18H24FN5S/c1-3-20-18(22-11-15-7-6-13(2)25-15)23-14-8-10-24(12-14)17-16(19)5-4-9-21-17/h4-7,9,14H,3,8,10-12H2,1-2H3,(H2,20,22,23). The zero-order valence-electron chi connectivity index (χ0n) is 14.6. The topological polar surface area (TPSA) is 52.6 Å². The van der Waals surface area contributed by atoms with Crippen LogP contribution in [0.1, 0.15) is 23.1 Å². The fourth-order valence-electron chi connectivity index (χ4n) is 2.92. The third-order valence-corrected chi connectivity index (χ3v) is 5.09. The van der Waals surface area contributed by atoms with Crippen LogP contribution in [0.15, 0.2) is 35.5 Å². The number of nitrogens with one attached hydrogen (secondary N) is 2. The number of nitrogens with zero attached hydrogens (tertiary/aromatic N) is 3. The normalized spacial score (nSPS) is 17.8. The molecular weight excluding hydrogens is 337 g/mol. The maximum Gasteiger partial charge on any atom is 0.191 e. The van der Waals surface area contributed by atoms with Crippen molar-refractivity contribution in [3.05, 3.63) is 46.0 Å². The van der Waals surface area contributed by atoms with E-state index < -0.39 is 0 Å². The van der Waals surface area contributed by atoms with E-state index in [-0.39, 0.29) is 11.9 Å². The minimum absolute atomic E-state index is 0.226. The number of hydrogen-bond donors (Lipinski definition) is 2. The summed E-state index contributed by atoms with van der Waals surface area (Å²) >= 11 is 1.77. The van der Waals surface area contributed by atoms with Crippen LogP contribution in [-0.2, 0) is 6.54 Å². The summed E-state index contributed by atoms with van der Waals surface area (Å²) in [4.78, 5) is 13.4. The van der Waals surface area contributed by atoms with E-state index in [9.17, 15) is 4.39 Å². The second-order valence-corrected chi connectivity index (χ2v) is 7.46. The lowest BCUT2D eigenvalue weighted by atomic mass is 10.3. The Morgan fingerprint density at radius 2 is 2.32 bits per heavy atom. The van der Waals surface area contributed by atoms with Crippen molar-refractivity contribution in [2.45, 2.75) is 32.9 Å². The quantitative estimate of drug-likeness (QED) is 0.635. The highest BCUT2D eigenvalue weighted by Gasteiger charge is 2.25. The molecule has 0 aliphatic carbocycles. The molecule has 1 atom stereocenters. The van der Waals surface area contributed by atoms with Crippen LogP contribution >= 0.6 is 11.3 Å². The molecule has 3 heterocycles. The minimum Gasteiger partial charge on any atom is -0.357 e. The average molecular weight is 361 g/mol. The molecule has 0 saturated carbocycles. The molecule has 0 radical (unpaired) electrons. The second kappa shape index (κ2) is 8.29. The summed E-state index contributed by atoms with van der Waals surface area (Å²) < 4.78 is 13.9. The van der Waals surface area contributed by atoms with E-state index in [2.05, 4.69) is 46.6 Å². The molecule has 2 aromatic rings. The Labute approximate surface area is 152 Å². The van der Waals surface area contributed by atoms with Crippen molar-refractivity contribution in [2.75, 3.05) is 24.5 Å². The summed E-state index contributed by atoms with van der Waals surface area (Å²) in [6, 6.07) is 7.54. The highest BCUT2D eigenvalue weighted by molar-refractivity contribution is 7.11. The molecule has 25 heavy (non-hydrogen) atoms. The third-order valence-electron chi connectivity index (χ3n) is 4.10. The number of halogens is 1. The zero-order chi connectivity index (χ0) is 17.6. The first-order valence-corrected chi connectivity index (χ1v) is 9.43. The van der Waals surface area contributed by atoms with E-state index >= 15 is 0 Å². The van der Waals surface area contributed by atoms with Crippen molar-refractivity contribution >= 4 is 23.1 Å². The lowest BCUT2D eigenvalue weighted by molar-refractivity contribution is 0.612. The molecule has 2 N–H and O–H groups in total. The largest absolute Gasteiger partial charge is 0.357 e. The molecule has 134 valence electrons. The first kappa shape index (κ1) is 17.7. The Morgan fingerprint density at radius 3 is 3.04 bits per heavy atom. The first-order valence-electron chi connectivity index (χ1n) is 8.61. The lowest BCUT2D eigenvalue weighted by Crippen LogP contribution is -2.44.